The molecule has 5 rings (SSSR count). The summed E-state index contributed by atoms with van der Waals surface area (Å²) in [6.07, 6.45) is 6.68. The number of anilines is 2. The molecule has 4 nitrogen and oxygen atoms in total. The normalized spacial score (nSPS) is 19.1. The summed E-state index contributed by atoms with van der Waals surface area (Å²) in [7, 11) is 0. The van der Waals surface area contributed by atoms with Gasteiger partial charge in [0.2, 0.25) is 0 Å². The van der Waals surface area contributed by atoms with E-state index in [2.05, 4.69) is 27.0 Å². The maximum absolute atomic E-state index is 6.30. The Morgan fingerprint density at radius 3 is 1.83 bits per heavy atom. The second-order valence-corrected chi connectivity index (χ2v) is 8.45. The summed E-state index contributed by atoms with van der Waals surface area (Å²) < 4.78 is 0. The van der Waals surface area contributed by atoms with Gasteiger partial charge in [0, 0.05) is 45.3 Å². The van der Waals surface area contributed by atoms with Gasteiger partial charge in [-0.3, -0.25) is 9.97 Å². The number of nitrogens with zero attached hydrogens (tertiary/aromatic N) is 3. The summed E-state index contributed by atoms with van der Waals surface area (Å²) in [4.78, 5) is 11.5. The Labute approximate surface area is 179 Å². The standard InChI is InChI=1S/C23H20Cl2N4/c24-14-1-5-18-20(11-14)27-9-7-22(18)29(17-4-3-16(26)13-17)23-8-10-28-21-12-15(25)2-6-19(21)23/h1-2,5-12,16-17H,3-4,13,26H2. The van der Waals surface area contributed by atoms with E-state index >= 15 is 0 Å². The molecule has 29 heavy (non-hydrogen) atoms. The number of benzene rings is 2. The first-order chi connectivity index (χ1) is 14.1. The highest BCUT2D eigenvalue weighted by atomic mass is 35.5. The number of rotatable bonds is 3. The third-order valence-electron chi connectivity index (χ3n) is 5.69. The molecule has 146 valence electrons. The predicted molar refractivity (Wildman–Crippen MR) is 121 cm³/mol. The van der Waals surface area contributed by atoms with Crippen LogP contribution in [0.5, 0.6) is 0 Å². The second kappa shape index (κ2) is 7.45. The first-order valence-corrected chi connectivity index (χ1v) is 10.5. The van der Waals surface area contributed by atoms with Gasteiger partial charge in [0.15, 0.2) is 0 Å². The zero-order valence-electron chi connectivity index (χ0n) is 15.7. The Kier molecular flexibility index (Phi) is 4.78. The lowest BCUT2D eigenvalue weighted by molar-refractivity contribution is 0.652. The Hall–Kier alpha value is -2.40. The van der Waals surface area contributed by atoms with Crippen LogP contribution in [0, 0.1) is 0 Å². The zero-order valence-corrected chi connectivity index (χ0v) is 17.2. The lowest BCUT2D eigenvalue weighted by Gasteiger charge is -2.33. The first-order valence-electron chi connectivity index (χ1n) is 9.73. The predicted octanol–water partition coefficient (Wildman–Crippen LogP) is 6.11. The molecule has 0 aliphatic heterocycles. The van der Waals surface area contributed by atoms with Crippen LogP contribution in [0.4, 0.5) is 11.4 Å². The van der Waals surface area contributed by atoms with Crippen molar-refractivity contribution >= 4 is 56.4 Å². The van der Waals surface area contributed by atoms with Gasteiger partial charge in [0.05, 0.1) is 22.4 Å². The number of nitrogens with two attached hydrogens (primary N) is 1. The number of fused-ring (bicyclic) bond motifs is 2. The molecule has 0 spiro atoms. The molecule has 2 atom stereocenters. The summed E-state index contributed by atoms with van der Waals surface area (Å²) in [6, 6.07) is 16.4. The topological polar surface area (TPSA) is 55.0 Å². The van der Waals surface area contributed by atoms with Crippen LogP contribution in [0.25, 0.3) is 21.8 Å². The van der Waals surface area contributed by atoms with Crippen molar-refractivity contribution in [1.82, 2.24) is 9.97 Å². The molecule has 2 unspecified atom stereocenters. The van der Waals surface area contributed by atoms with Crippen LogP contribution in [-0.2, 0) is 0 Å². The minimum Gasteiger partial charge on any atom is -0.337 e. The van der Waals surface area contributed by atoms with Crippen LogP contribution in [0.3, 0.4) is 0 Å². The molecule has 4 aromatic rings. The highest BCUT2D eigenvalue weighted by Gasteiger charge is 2.30. The molecule has 2 heterocycles. The van der Waals surface area contributed by atoms with Gasteiger partial charge < -0.3 is 10.6 Å². The molecule has 1 aliphatic rings. The Morgan fingerprint density at radius 2 is 1.34 bits per heavy atom. The van der Waals surface area contributed by atoms with Crippen LogP contribution in [0.2, 0.25) is 10.0 Å². The minimum atomic E-state index is 0.215. The highest BCUT2D eigenvalue weighted by molar-refractivity contribution is 6.31. The Morgan fingerprint density at radius 1 is 0.793 bits per heavy atom. The summed E-state index contributed by atoms with van der Waals surface area (Å²) in [5.41, 5.74) is 10.3. The van der Waals surface area contributed by atoms with E-state index in [1.165, 1.54) is 0 Å². The van der Waals surface area contributed by atoms with E-state index in [9.17, 15) is 0 Å². The number of hydrogen-bond acceptors (Lipinski definition) is 4. The molecule has 0 radical (unpaired) electrons. The maximum atomic E-state index is 6.30. The van der Waals surface area contributed by atoms with Crippen molar-refractivity contribution in [3.63, 3.8) is 0 Å². The van der Waals surface area contributed by atoms with Crippen molar-refractivity contribution in [3.05, 3.63) is 71.0 Å². The summed E-state index contributed by atoms with van der Waals surface area (Å²) in [5, 5.41) is 3.49. The number of aromatic nitrogens is 2. The van der Waals surface area contributed by atoms with Gasteiger partial charge in [-0.25, -0.2) is 0 Å². The average molecular weight is 423 g/mol. The summed E-state index contributed by atoms with van der Waals surface area (Å²) >= 11 is 12.4. The van der Waals surface area contributed by atoms with Crippen LogP contribution in [0.15, 0.2) is 60.9 Å². The average Bonchev–Trinajstić information content (AvgIpc) is 3.14. The summed E-state index contributed by atoms with van der Waals surface area (Å²) in [5.74, 6) is 0. The van der Waals surface area contributed by atoms with Gasteiger partial charge in [-0.1, -0.05) is 23.2 Å². The lowest BCUT2D eigenvalue weighted by Crippen LogP contribution is -2.31. The molecule has 1 fully saturated rings. The molecule has 0 bridgehead atoms. The molecule has 6 heteroatoms. The van der Waals surface area contributed by atoms with E-state index in [-0.39, 0.29) is 6.04 Å². The molecule has 0 saturated heterocycles. The zero-order chi connectivity index (χ0) is 20.0. The van der Waals surface area contributed by atoms with E-state index in [0.29, 0.717) is 16.1 Å². The SMILES string of the molecule is NC1CCC(N(c2ccnc3cc(Cl)ccc23)c2ccnc3cc(Cl)ccc23)C1. The van der Waals surface area contributed by atoms with Crippen LogP contribution in [-0.4, -0.2) is 22.1 Å². The van der Waals surface area contributed by atoms with Gasteiger partial charge in [-0.05, 0) is 67.8 Å². The van der Waals surface area contributed by atoms with Gasteiger partial charge in [0.1, 0.15) is 0 Å². The molecule has 1 saturated carbocycles. The van der Waals surface area contributed by atoms with Crippen LogP contribution in [0.1, 0.15) is 19.3 Å². The van der Waals surface area contributed by atoms with Crippen molar-refractivity contribution in [2.75, 3.05) is 4.90 Å². The largest absolute Gasteiger partial charge is 0.337 e. The van der Waals surface area contributed by atoms with Crippen molar-refractivity contribution in [2.45, 2.75) is 31.3 Å². The number of pyridine rings is 2. The third kappa shape index (κ3) is 3.42. The number of halogens is 2. The monoisotopic (exact) mass is 422 g/mol. The van der Waals surface area contributed by atoms with Crippen molar-refractivity contribution in [1.29, 1.82) is 0 Å². The van der Waals surface area contributed by atoms with E-state index < -0.39 is 0 Å². The second-order valence-electron chi connectivity index (χ2n) is 7.58. The van der Waals surface area contributed by atoms with E-state index in [0.717, 1.165) is 52.4 Å². The third-order valence-corrected chi connectivity index (χ3v) is 6.16. The fourth-order valence-corrected chi connectivity index (χ4v) is 4.71. The minimum absolute atomic E-state index is 0.215. The molecular weight excluding hydrogens is 403 g/mol. The summed E-state index contributed by atoms with van der Waals surface area (Å²) in [6.45, 7) is 0. The van der Waals surface area contributed by atoms with E-state index in [1.807, 2.05) is 48.8 Å². The van der Waals surface area contributed by atoms with Gasteiger partial charge in [-0.2, -0.15) is 0 Å². The fraction of sp³-hybridized carbons (Fsp3) is 0.217. The van der Waals surface area contributed by atoms with Gasteiger partial charge in [-0.15, -0.1) is 0 Å². The fourth-order valence-electron chi connectivity index (χ4n) is 4.38. The van der Waals surface area contributed by atoms with Crippen molar-refractivity contribution in [3.8, 4) is 0 Å². The molecule has 2 aromatic heterocycles. The van der Waals surface area contributed by atoms with Crippen molar-refractivity contribution in [2.24, 2.45) is 5.73 Å². The van der Waals surface area contributed by atoms with Gasteiger partial charge >= 0.3 is 0 Å². The first kappa shape index (κ1) is 18.6. The smallest absolute Gasteiger partial charge is 0.0737 e. The Bertz CT molecular complexity index is 1120. The lowest BCUT2D eigenvalue weighted by atomic mass is 10.1. The highest BCUT2D eigenvalue weighted by Crippen LogP contribution is 2.41. The molecular formula is C23H20Cl2N4. The maximum Gasteiger partial charge on any atom is 0.0737 e. The molecule has 0 amide bonds. The molecule has 2 N–H and O–H groups in total. The van der Waals surface area contributed by atoms with E-state index in [4.69, 9.17) is 28.9 Å². The van der Waals surface area contributed by atoms with Crippen LogP contribution >= 0.6 is 23.2 Å². The number of hydrogen-bond donors (Lipinski definition) is 1. The Balaban J connectivity index is 1.76. The molecule has 2 aromatic carbocycles. The quantitative estimate of drug-likeness (QED) is 0.432. The molecule has 1 aliphatic carbocycles. The van der Waals surface area contributed by atoms with E-state index in [1.54, 1.807) is 0 Å². The van der Waals surface area contributed by atoms with Crippen LogP contribution < -0.4 is 10.6 Å². The van der Waals surface area contributed by atoms with Gasteiger partial charge in [0.25, 0.3) is 0 Å². The van der Waals surface area contributed by atoms with Crippen molar-refractivity contribution < 1.29 is 0 Å².